The highest BCUT2D eigenvalue weighted by molar-refractivity contribution is 9.10. The first-order valence-electron chi connectivity index (χ1n) is 5.24. The zero-order chi connectivity index (χ0) is 13.8. The van der Waals surface area contributed by atoms with Gasteiger partial charge in [0.25, 0.3) is 5.91 Å². The Balaban J connectivity index is 2.50. The lowest BCUT2D eigenvalue weighted by molar-refractivity contribution is -0.146. The van der Waals surface area contributed by atoms with Crippen molar-refractivity contribution in [3.05, 3.63) is 28.7 Å². The molecule has 0 atom stereocenters. The van der Waals surface area contributed by atoms with Crippen molar-refractivity contribution in [3.63, 3.8) is 0 Å². The molecular weight excluding hydrogens is 302 g/mol. The minimum Gasteiger partial charge on any atom is -0.484 e. The number of rotatable bonds is 5. The molecule has 0 unspecified atom stereocenters. The molecule has 1 amide bonds. The normalized spacial score (nSPS) is 10.8. The number of carboxylic acids is 1. The Morgan fingerprint density at radius 2 is 2.11 bits per heavy atom. The van der Waals surface area contributed by atoms with Crippen molar-refractivity contribution < 1.29 is 19.4 Å². The molecule has 0 aliphatic rings. The minimum atomic E-state index is -1.31. The van der Waals surface area contributed by atoms with E-state index >= 15 is 0 Å². The molecule has 0 fully saturated rings. The van der Waals surface area contributed by atoms with Gasteiger partial charge in [0.2, 0.25) is 0 Å². The van der Waals surface area contributed by atoms with E-state index < -0.39 is 17.4 Å². The second-order valence-corrected chi connectivity index (χ2v) is 5.14. The number of halogens is 1. The minimum absolute atomic E-state index is 0.229. The Bertz CT molecular complexity index is 459. The number of carbonyl (C=O) groups excluding carboxylic acids is 1. The maximum absolute atomic E-state index is 11.5. The summed E-state index contributed by atoms with van der Waals surface area (Å²) < 4.78 is 6.08. The van der Waals surface area contributed by atoms with Crippen LogP contribution in [0.1, 0.15) is 13.8 Å². The van der Waals surface area contributed by atoms with Crippen molar-refractivity contribution in [3.8, 4) is 5.75 Å². The summed E-state index contributed by atoms with van der Waals surface area (Å²) in [4.78, 5) is 22.3. The Hall–Kier alpha value is -1.56. The first kappa shape index (κ1) is 14.5. The van der Waals surface area contributed by atoms with E-state index in [1.165, 1.54) is 13.8 Å². The number of benzene rings is 1. The van der Waals surface area contributed by atoms with Gasteiger partial charge in [-0.1, -0.05) is 22.0 Å². The maximum atomic E-state index is 11.5. The fraction of sp³-hybridized carbons (Fsp3) is 0.333. The maximum Gasteiger partial charge on any atom is 0.328 e. The third-order valence-electron chi connectivity index (χ3n) is 2.15. The summed E-state index contributed by atoms with van der Waals surface area (Å²) in [6, 6.07) is 7.04. The average Bonchev–Trinajstić information content (AvgIpc) is 2.25. The zero-order valence-corrected chi connectivity index (χ0v) is 11.7. The van der Waals surface area contributed by atoms with E-state index in [0.717, 1.165) is 4.47 Å². The highest BCUT2D eigenvalue weighted by Gasteiger charge is 2.28. The molecule has 0 aromatic heterocycles. The number of hydrogen-bond donors (Lipinski definition) is 2. The summed E-state index contributed by atoms with van der Waals surface area (Å²) in [5.74, 6) is -1.05. The Morgan fingerprint density at radius 1 is 1.44 bits per heavy atom. The van der Waals surface area contributed by atoms with Gasteiger partial charge in [-0.25, -0.2) is 4.79 Å². The van der Waals surface area contributed by atoms with Crippen LogP contribution in [0.2, 0.25) is 0 Å². The number of ether oxygens (including phenoxy) is 1. The van der Waals surface area contributed by atoms with Crippen LogP contribution in [0, 0.1) is 0 Å². The molecule has 2 N–H and O–H groups in total. The van der Waals surface area contributed by atoms with Crippen molar-refractivity contribution in [1.82, 2.24) is 5.32 Å². The van der Waals surface area contributed by atoms with Gasteiger partial charge in [-0.2, -0.15) is 0 Å². The predicted molar refractivity (Wildman–Crippen MR) is 69.5 cm³/mol. The van der Waals surface area contributed by atoms with E-state index in [1.54, 1.807) is 18.2 Å². The van der Waals surface area contributed by atoms with Crippen LogP contribution >= 0.6 is 15.9 Å². The molecule has 1 aromatic rings. The van der Waals surface area contributed by atoms with Crippen LogP contribution < -0.4 is 10.1 Å². The van der Waals surface area contributed by atoms with Crippen LogP contribution in [-0.4, -0.2) is 29.1 Å². The molecule has 0 saturated carbocycles. The second kappa shape index (κ2) is 5.86. The quantitative estimate of drug-likeness (QED) is 0.869. The van der Waals surface area contributed by atoms with Crippen LogP contribution in [0.4, 0.5) is 0 Å². The van der Waals surface area contributed by atoms with Crippen LogP contribution in [-0.2, 0) is 9.59 Å². The van der Waals surface area contributed by atoms with Gasteiger partial charge in [0.05, 0.1) is 0 Å². The lowest BCUT2D eigenvalue weighted by atomic mass is 10.1. The van der Waals surface area contributed by atoms with Gasteiger partial charge < -0.3 is 15.2 Å². The lowest BCUT2D eigenvalue weighted by Gasteiger charge is -2.20. The Morgan fingerprint density at radius 3 is 2.67 bits per heavy atom. The molecule has 1 rings (SSSR count). The number of hydrogen-bond acceptors (Lipinski definition) is 3. The molecule has 0 saturated heterocycles. The first-order valence-corrected chi connectivity index (χ1v) is 6.03. The number of carbonyl (C=O) groups is 2. The van der Waals surface area contributed by atoms with Gasteiger partial charge >= 0.3 is 5.97 Å². The SMILES string of the molecule is CC(C)(NC(=O)COc1cccc(Br)c1)C(=O)O. The molecule has 0 spiro atoms. The standard InChI is InChI=1S/C12H14BrNO4/c1-12(2,11(16)17)14-10(15)7-18-9-5-3-4-8(13)6-9/h3-6H,7H2,1-2H3,(H,14,15)(H,16,17). The number of nitrogens with one attached hydrogen (secondary N) is 1. The van der Waals surface area contributed by atoms with Crippen molar-refractivity contribution in [2.24, 2.45) is 0 Å². The molecule has 5 nitrogen and oxygen atoms in total. The van der Waals surface area contributed by atoms with Crippen molar-refractivity contribution >= 4 is 27.8 Å². The highest BCUT2D eigenvalue weighted by Crippen LogP contribution is 2.17. The fourth-order valence-electron chi connectivity index (χ4n) is 1.14. The molecule has 18 heavy (non-hydrogen) atoms. The van der Waals surface area contributed by atoms with E-state index in [0.29, 0.717) is 5.75 Å². The summed E-state index contributed by atoms with van der Waals surface area (Å²) in [6.07, 6.45) is 0. The summed E-state index contributed by atoms with van der Waals surface area (Å²) in [7, 11) is 0. The van der Waals surface area contributed by atoms with Crippen molar-refractivity contribution in [2.45, 2.75) is 19.4 Å². The van der Waals surface area contributed by atoms with Crippen LogP contribution in [0.3, 0.4) is 0 Å². The summed E-state index contributed by atoms with van der Waals surface area (Å²) in [5.41, 5.74) is -1.31. The van der Waals surface area contributed by atoms with E-state index in [1.807, 2.05) is 6.07 Å². The average molecular weight is 316 g/mol. The summed E-state index contributed by atoms with van der Waals surface area (Å²) >= 11 is 3.28. The summed E-state index contributed by atoms with van der Waals surface area (Å²) in [6.45, 7) is 2.59. The highest BCUT2D eigenvalue weighted by atomic mass is 79.9. The van der Waals surface area contributed by atoms with Gasteiger partial charge in [-0.15, -0.1) is 0 Å². The van der Waals surface area contributed by atoms with Gasteiger partial charge in [0.15, 0.2) is 6.61 Å². The van der Waals surface area contributed by atoms with Gasteiger partial charge in [0, 0.05) is 4.47 Å². The van der Waals surface area contributed by atoms with Gasteiger partial charge in [-0.05, 0) is 32.0 Å². The molecule has 6 heteroatoms. The molecule has 0 aliphatic carbocycles. The van der Waals surface area contributed by atoms with Crippen LogP contribution in [0.15, 0.2) is 28.7 Å². The van der Waals surface area contributed by atoms with Crippen molar-refractivity contribution in [2.75, 3.05) is 6.61 Å². The first-order chi connectivity index (χ1) is 8.31. The largest absolute Gasteiger partial charge is 0.484 e. The predicted octanol–water partition coefficient (Wildman–Crippen LogP) is 1.81. The lowest BCUT2D eigenvalue weighted by Crippen LogP contribution is -2.51. The van der Waals surface area contributed by atoms with Crippen LogP contribution in [0.25, 0.3) is 0 Å². The molecule has 0 heterocycles. The topological polar surface area (TPSA) is 75.6 Å². The molecular formula is C12H14BrNO4. The number of carboxylic acid groups (broad SMARTS) is 1. The summed E-state index contributed by atoms with van der Waals surface area (Å²) in [5, 5.41) is 11.2. The Labute approximate surface area is 113 Å². The second-order valence-electron chi connectivity index (χ2n) is 4.22. The van der Waals surface area contributed by atoms with Gasteiger partial charge in [-0.3, -0.25) is 4.79 Å². The van der Waals surface area contributed by atoms with E-state index in [9.17, 15) is 9.59 Å². The smallest absolute Gasteiger partial charge is 0.328 e. The third-order valence-corrected chi connectivity index (χ3v) is 2.65. The zero-order valence-electron chi connectivity index (χ0n) is 10.1. The van der Waals surface area contributed by atoms with Gasteiger partial charge in [0.1, 0.15) is 11.3 Å². The van der Waals surface area contributed by atoms with E-state index in [-0.39, 0.29) is 6.61 Å². The van der Waals surface area contributed by atoms with E-state index in [4.69, 9.17) is 9.84 Å². The third kappa shape index (κ3) is 4.37. The Kier molecular flexibility index (Phi) is 4.72. The molecule has 98 valence electrons. The molecule has 0 bridgehead atoms. The number of aliphatic carboxylic acids is 1. The molecule has 0 aliphatic heterocycles. The fourth-order valence-corrected chi connectivity index (χ4v) is 1.52. The molecule has 1 aromatic carbocycles. The van der Waals surface area contributed by atoms with Crippen LogP contribution in [0.5, 0.6) is 5.75 Å². The number of amides is 1. The monoisotopic (exact) mass is 315 g/mol. The van der Waals surface area contributed by atoms with Crippen molar-refractivity contribution in [1.29, 1.82) is 0 Å². The van der Waals surface area contributed by atoms with E-state index in [2.05, 4.69) is 21.2 Å². The molecule has 0 radical (unpaired) electrons.